The van der Waals surface area contributed by atoms with Crippen molar-refractivity contribution >= 4 is 39.9 Å². The summed E-state index contributed by atoms with van der Waals surface area (Å²) in [7, 11) is 0. The van der Waals surface area contributed by atoms with E-state index in [1.807, 2.05) is 48.7 Å². The first-order valence-corrected chi connectivity index (χ1v) is 13.3. The number of hydrogen-bond donors (Lipinski definition) is 1. The van der Waals surface area contributed by atoms with E-state index in [9.17, 15) is 9.59 Å². The number of ether oxygens (including phenoxy) is 2. The minimum atomic E-state index is -0.860. The number of thiophene rings is 1. The summed E-state index contributed by atoms with van der Waals surface area (Å²) >= 11 is 1.43. The van der Waals surface area contributed by atoms with E-state index < -0.39 is 6.04 Å². The molecule has 0 aliphatic carbocycles. The number of hydrogen-bond acceptors (Lipinski definition) is 7. The van der Waals surface area contributed by atoms with E-state index in [2.05, 4.69) is 15.6 Å². The van der Waals surface area contributed by atoms with Crippen molar-refractivity contribution in [3.63, 3.8) is 0 Å². The van der Waals surface area contributed by atoms with Crippen LogP contribution in [0.1, 0.15) is 30.7 Å². The molecule has 2 aromatic heterocycles. The van der Waals surface area contributed by atoms with Crippen molar-refractivity contribution in [1.29, 1.82) is 0 Å². The van der Waals surface area contributed by atoms with Gasteiger partial charge in [0.2, 0.25) is 11.8 Å². The monoisotopic (exact) mass is 519 g/mol. The normalized spacial score (nSPS) is 16.0. The number of nitrogens with one attached hydrogen (secondary N) is 1. The minimum absolute atomic E-state index is 0.0101. The summed E-state index contributed by atoms with van der Waals surface area (Å²) in [5, 5.41) is 13.3. The van der Waals surface area contributed by atoms with Crippen molar-refractivity contribution in [2.24, 2.45) is 0 Å². The number of aromatic nitrogens is 3. The molecule has 0 radical (unpaired) electrons. The highest BCUT2D eigenvalue weighted by atomic mass is 32.1. The fourth-order valence-electron chi connectivity index (χ4n) is 4.48. The molecule has 9 nitrogen and oxygen atoms in total. The molecule has 0 bridgehead atoms. The van der Waals surface area contributed by atoms with E-state index >= 15 is 0 Å². The SMILES string of the molecule is CCOc1ccc(N(C(=O)Cn2nnc3ccccc32)[C@@H](C(=O)NC[C@H]2CCCO2)c2cccs2)cc1. The quantitative estimate of drug-likeness (QED) is 0.341. The third-order valence-electron chi connectivity index (χ3n) is 6.25. The first-order valence-electron chi connectivity index (χ1n) is 12.4. The molecule has 1 saturated heterocycles. The molecule has 0 saturated carbocycles. The Balaban J connectivity index is 1.49. The summed E-state index contributed by atoms with van der Waals surface area (Å²) in [6.45, 7) is 3.48. The number of nitrogens with zero attached hydrogens (tertiary/aromatic N) is 4. The molecule has 5 rings (SSSR count). The van der Waals surface area contributed by atoms with Gasteiger partial charge in [0.15, 0.2) is 0 Å². The van der Waals surface area contributed by atoms with Crippen LogP contribution in [-0.2, 0) is 20.9 Å². The molecule has 0 spiro atoms. The summed E-state index contributed by atoms with van der Waals surface area (Å²) in [4.78, 5) is 30.0. The molecule has 37 heavy (non-hydrogen) atoms. The maximum absolute atomic E-state index is 14.0. The zero-order valence-electron chi connectivity index (χ0n) is 20.6. The van der Waals surface area contributed by atoms with Crippen LogP contribution in [0.2, 0.25) is 0 Å². The highest BCUT2D eigenvalue weighted by Crippen LogP contribution is 2.32. The van der Waals surface area contributed by atoms with Crippen LogP contribution in [0.4, 0.5) is 5.69 Å². The minimum Gasteiger partial charge on any atom is -0.494 e. The predicted molar refractivity (Wildman–Crippen MR) is 142 cm³/mol. The molecule has 3 heterocycles. The van der Waals surface area contributed by atoms with Gasteiger partial charge in [-0.25, -0.2) is 4.68 Å². The Kier molecular flexibility index (Phi) is 7.76. The van der Waals surface area contributed by atoms with E-state index in [0.29, 0.717) is 36.7 Å². The predicted octanol–water partition coefficient (Wildman–Crippen LogP) is 3.96. The lowest BCUT2D eigenvalue weighted by Crippen LogP contribution is -2.46. The van der Waals surface area contributed by atoms with Crippen molar-refractivity contribution < 1.29 is 19.1 Å². The molecule has 1 N–H and O–H groups in total. The molecule has 1 aliphatic heterocycles. The van der Waals surface area contributed by atoms with E-state index in [-0.39, 0.29) is 24.5 Å². The molecule has 4 aromatic rings. The van der Waals surface area contributed by atoms with Gasteiger partial charge in [0, 0.05) is 23.7 Å². The summed E-state index contributed by atoms with van der Waals surface area (Å²) in [6, 6.07) is 17.6. The van der Waals surface area contributed by atoms with Crippen molar-refractivity contribution in [3.05, 3.63) is 70.9 Å². The number of carbonyl (C=O) groups excluding carboxylic acids is 2. The second-order valence-corrected chi connectivity index (χ2v) is 9.70. The van der Waals surface area contributed by atoms with Gasteiger partial charge in [-0.3, -0.25) is 14.5 Å². The van der Waals surface area contributed by atoms with Crippen LogP contribution in [0.25, 0.3) is 11.0 Å². The van der Waals surface area contributed by atoms with Gasteiger partial charge >= 0.3 is 0 Å². The third kappa shape index (κ3) is 5.65. The average molecular weight is 520 g/mol. The number of fused-ring (bicyclic) bond motifs is 1. The van der Waals surface area contributed by atoms with Crippen LogP contribution >= 0.6 is 11.3 Å². The van der Waals surface area contributed by atoms with Gasteiger partial charge in [-0.2, -0.15) is 0 Å². The lowest BCUT2D eigenvalue weighted by atomic mass is 10.1. The van der Waals surface area contributed by atoms with E-state index in [1.165, 1.54) is 11.3 Å². The van der Waals surface area contributed by atoms with Crippen LogP contribution in [0.3, 0.4) is 0 Å². The summed E-state index contributed by atoms with van der Waals surface area (Å²) in [5.41, 5.74) is 2.04. The number of anilines is 1. The van der Waals surface area contributed by atoms with Gasteiger partial charge in [0.05, 0.1) is 18.2 Å². The van der Waals surface area contributed by atoms with Crippen LogP contribution in [0.5, 0.6) is 5.75 Å². The summed E-state index contributed by atoms with van der Waals surface area (Å²) in [6.07, 6.45) is 1.88. The number of carbonyl (C=O) groups is 2. The van der Waals surface area contributed by atoms with Gasteiger partial charge in [0.25, 0.3) is 0 Å². The highest BCUT2D eigenvalue weighted by molar-refractivity contribution is 7.10. The Morgan fingerprint density at radius 3 is 2.76 bits per heavy atom. The van der Waals surface area contributed by atoms with Crippen molar-refractivity contribution in [2.75, 3.05) is 24.7 Å². The number of para-hydroxylation sites is 1. The molecule has 2 atom stereocenters. The second kappa shape index (κ2) is 11.5. The van der Waals surface area contributed by atoms with Gasteiger partial charge in [-0.05, 0) is 67.6 Å². The number of amides is 2. The van der Waals surface area contributed by atoms with Crippen LogP contribution in [0, 0.1) is 0 Å². The van der Waals surface area contributed by atoms with Crippen molar-refractivity contribution in [1.82, 2.24) is 20.3 Å². The topological polar surface area (TPSA) is 98.6 Å². The van der Waals surface area contributed by atoms with Crippen LogP contribution in [-0.4, -0.2) is 52.7 Å². The van der Waals surface area contributed by atoms with Crippen molar-refractivity contribution in [2.45, 2.75) is 38.5 Å². The van der Waals surface area contributed by atoms with Crippen LogP contribution < -0.4 is 15.0 Å². The molecule has 0 unspecified atom stereocenters. The number of rotatable bonds is 10. The maximum atomic E-state index is 14.0. The van der Waals surface area contributed by atoms with E-state index in [4.69, 9.17) is 9.47 Å². The zero-order valence-corrected chi connectivity index (χ0v) is 21.4. The fourth-order valence-corrected chi connectivity index (χ4v) is 5.29. The van der Waals surface area contributed by atoms with Gasteiger partial charge in [0.1, 0.15) is 23.9 Å². The summed E-state index contributed by atoms with van der Waals surface area (Å²) < 4.78 is 12.8. The largest absolute Gasteiger partial charge is 0.494 e. The maximum Gasteiger partial charge on any atom is 0.249 e. The molecule has 1 aliphatic rings. The van der Waals surface area contributed by atoms with Crippen LogP contribution in [0.15, 0.2) is 66.0 Å². The molecule has 2 aromatic carbocycles. The Hall–Kier alpha value is -3.76. The van der Waals surface area contributed by atoms with E-state index in [1.54, 1.807) is 33.8 Å². The standard InChI is InChI=1S/C27H29N5O4S/c1-2-35-20-13-11-19(12-14-20)32(25(33)18-31-23-9-4-3-8-22(23)29-30-31)26(24-10-6-16-37-24)27(34)28-17-21-7-5-15-36-21/h3-4,6,8-14,16,21,26H,2,5,7,15,17-18H2,1H3,(H,28,34)/t21-,26-/m1/s1. The van der Waals surface area contributed by atoms with Gasteiger partial charge in [-0.15, -0.1) is 16.4 Å². The Morgan fingerprint density at radius 1 is 1.19 bits per heavy atom. The highest BCUT2D eigenvalue weighted by Gasteiger charge is 2.34. The molecular weight excluding hydrogens is 490 g/mol. The molecular formula is C27H29N5O4S. The first kappa shape index (κ1) is 24.9. The van der Waals surface area contributed by atoms with Crippen molar-refractivity contribution in [3.8, 4) is 5.75 Å². The zero-order chi connectivity index (χ0) is 25.6. The number of benzene rings is 2. The average Bonchev–Trinajstić information content (AvgIpc) is 3.70. The Bertz CT molecular complexity index is 1330. The lowest BCUT2D eigenvalue weighted by molar-refractivity contribution is -0.127. The molecule has 1 fully saturated rings. The van der Waals surface area contributed by atoms with Gasteiger partial charge in [-0.1, -0.05) is 23.4 Å². The molecule has 2 amide bonds. The van der Waals surface area contributed by atoms with Gasteiger partial charge < -0.3 is 14.8 Å². The Labute approximate surface area is 219 Å². The third-order valence-corrected chi connectivity index (χ3v) is 7.17. The van der Waals surface area contributed by atoms with E-state index in [0.717, 1.165) is 23.2 Å². The Morgan fingerprint density at radius 2 is 2.03 bits per heavy atom. The first-order chi connectivity index (χ1) is 18.1. The molecule has 10 heteroatoms. The molecule has 192 valence electrons. The smallest absolute Gasteiger partial charge is 0.249 e. The second-order valence-electron chi connectivity index (χ2n) is 8.72. The summed E-state index contributed by atoms with van der Waals surface area (Å²) in [5.74, 6) is 0.144. The lowest BCUT2D eigenvalue weighted by Gasteiger charge is -2.31. The fraction of sp³-hybridized carbons (Fsp3) is 0.333.